The summed E-state index contributed by atoms with van der Waals surface area (Å²) in [4.78, 5) is 81.2. The van der Waals surface area contributed by atoms with Crippen LogP contribution in [0.2, 0.25) is 0 Å². The molecule has 0 atom stereocenters. The smallest absolute Gasteiger partial charge is 0.369 e. The van der Waals surface area contributed by atoms with Crippen molar-refractivity contribution in [1.82, 2.24) is 21.3 Å². The molecule has 4 amide bonds. The van der Waals surface area contributed by atoms with Gasteiger partial charge in [0.1, 0.15) is 0 Å². The summed E-state index contributed by atoms with van der Waals surface area (Å²) >= 11 is 3.69. The third-order valence-electron chi connectivity index (χ3n) is 3.43. The van der Waals surface area contributed by atoms with Crippen LogP contribution in [0.25, 0.3) is 0 Å². The molecular weight excluding hydrogens is 672 g/mol. The molecule has 16 nitrogen and oxygen atoms in total. The van der Waals surface area contributed by atoms with Crippen molar-refractivity contribution in [3.8, 4) is 0 Å². The number of rotatable bonds is 13. The van der Waals surface area contributed by atoms with Crippen molar-refractivity contribution in [2.24, 2.45) is 0 Å². The van der Waals surface area contributed by atoms with E-state index in [9.17, 15) is 33.4 Å². The van der Waals surface area contributed by atoms with Gasteiger partial charge in [0.2, 0.25) is 23.6 Å². The van der Waals surface area contributed by atoms with Crippen molar-refractivity contribution in [3.05, 3.63) is 0 Å². The van der Waals surface area contributed by atoms with Gasteiger partial charge in [-0.15, -0.1) is 0 Å². The molecule has 0 rings (SSSR count). The fourth-order valence-corrected chi connectivity index (χ4v) is 4.16. The number of amides is 4. The Morgan fingerprint density at radius 1 is 0.750 bits per heavy atom. The minimum atomic E-state index is -5.57. The number of carbonyl (C=O) groups is 4. The maximum absolute atomic E-state index is 11.6. The number of hydrogen-bond acceptors (Lipinski definition) is 8. The zero-order valence-corrected chi connectivity index (χ0v) is 21.7. The summed E-state index contributed by atoms with van der Waals surface area (Å²) in [5, 5.41) is 14.9. The molecule has 0 unspecified atom stereocenters. The first-order chi connectivity index (χ1) is 13.6. The summed E-state index contributed by atoms with van der Waals surface area (Å²) in [6, 6.07) is 0. The van der Waals surface area contributed by atoms with E-state index in [1.807, 2.05) is 0 Å². The average Bonchev–Trinajstić information content (AvgIpc) is 2.63. The molecule has 32 heavy (non-hydrogen) atoms. The van der Waals surface area contributed by atoms with E-state index in [1.165, 1.54) is 0 Å². The Labute approximate surface area is 201 Å². The van der Waals surface area contributed by atoms with Crippen molar-refractivity contribution in [1.29, 1.82) is 0 Å². The van der Waals surface area contributed by atoms with Crippen LogP contribution in [0.3, 0.4) is 0 Å². The van der Waals surface area contributed by atoms with Gasteiger partial charge < -0.3 is 51.4 Å². The van der Waals surface area contributed by atoms with Gasteiger partial charge in [0.25, 0.3) is 5.08 Å². The molecule has 0 aromatic heterocycles. The molecule has 0 saturated carbocycles. The molecule has 0 aromatic rings. The van der Waals surface area contributed by atoms with E-state index in [1.54, 1.807) is 0 Å². The molecule has 0 aliphatic carbocycles. The van der Waals surface area contributed by atoms with Crippen molar-refractivity contribution in [2.45, 2.75) is 17.9 Å². The molecule has 0 saturated heterocycles. The summed E-state index contributed by atoms with van der Waals surface area (Å²) in [7, 11) is -11.1. The van der Waals surface area contributed by atoms with E-state index in [-0.39, 0.29) is 51.2 Å². The van der Waals surface area contributed by atoms with Crippen LogP contribution in [0.15, 0.2) is 0 Å². The van der Waals surface area contributed by atoms with Crippen molar-refractivity contribution >= 4 is 51.4 Å². The summed E-state index contributed by atoms with van der Waals surface area (Å²) < 4.78 is 22.3. The zero-order chi connectivity index (χ0) is 23.6. The molecule has 189 valence electrons. The minimum absolute atomic E-state index is 0. The molecule has 0 spiro atoms. The van der Waals surface area contributed by atoms with E-state index in [4.69, 9.17) is 19.6 Å². The van der Waals surface area contributed by atoms with E-state index in [0.29, 0.717) is 0 Å². The van der Waals surface area contributed by atoms with Gasteiger partial charge in [-0.05, 0) is 6.42 Å². The molecule has 0 heterocycles. The van der Waals surface area contributed by atoms with Crippen LogP contribution in [0.5, 0.6) is 0 Å². The third kappa shape index (κ3) is 13.0. The predicted molar refractivity (Wildman–Crippen MR) is 105 cm³/mol. The van der Waals surface area contributed by atoms with Gasteiger partial charge in [-0.25, -0.2) is 0 Å². The van der Waals surface area contributed by atoms with Crippen LogP contribution in [-0.4, -0.2) is 85.3 Å². The maximum atomic E-state index is 11.6. The van der Waals surface area contributed by atoms with Crippen LogP contribution in [-0.2, 0) is 54.2 Å². The molecule has 9 N–H and O–H groups in total. The number of carbonyl (C=O) groups excluding carboxylic acids is 4. The largest absolute Gasteiger partial charge is 2.00 e. The predicted octanol–water partition coefficient (Wildman–Crippen LogP) is -3.96. The van der Waals surface area contributed by atoms with E-state index >= 15 is 0 Å². The second kappa shape index (κ2) is 15.9. The monoisotopic (exact) mass is 696 g/mol. The number of thiol groups is 1. The van der Waals surface area contributed by atoms with E-state index < -0.39 is 63.4 Å². The van der Waals surface area contributed by atoms with E-state index in [0.717, 1.165) is 0 Å². The molecule has 1 radical (unpaired) electrons. The molecule has 0 aromatic carbocycles. The van der Waals surface area contributed by atoms with Gasteiger partial charge >= 0.3 is 15.2 Å². The van der Waals surface area contributed by atoms with Crippen LogP contribution in [0.1, 0.15) is 12.8 Å². The minimum Gasteiger partial charge on any atom is -2.00 e. The van der Waals surface area contributed by atoms with Crippen LogP contribution in [0, 0.1) is 0 Å². The van der Waals surface area contributed by atoms with Crippen LogP contribution in [0.4, 0.5) is 0 Å². The molecule has 0 aliphatic heterocycles. The molecule has 0 bridgehead atoms. The van der Waals surface area contributed by atoms with Crippen LogP contribution < -0.4 is 21.3 Å². The second-order valence-corrected chi connectivity index (χ2v) is 10.1. The standard InChI is InChI=1S/C12H24N4O11P2S.O.Re/c17-8(4-14-9(18)5-15-10(19)6-16-11(20)7-30)13-3-1-2-12(21,28(22,23)24)29(25,26)27;;/h21,30H,1-7H2,(H,13,17)(H,14,18)(H,15,19)(H,16,20)(H2,22,23,24)(H2,25,26,27);;/q;-2;/i;;1+0. The summed E-state index contributed by atoms with van der Waals surface area (Å²) in [5.41, 5.74) is 0. The molecule has 0 fully saturated rings. The van der Waals surface area contributed by atoms with Gasteiger partial charge in [-0.2, -0.15) is 12.6 Å². The Bertz CT molecular complexity index is 724. The first-order valence-corrected chi connectivity index (χ1v) is 12.0. The maximum Gasteiger partial charge on any atom is 0.369 e. The zero-order valence-electron chi connectivity index (χ0n) is 16.3. The van der Waals surface area contributed by atoms with Gasteiger partial charge in [0, 0.05) is 33.4 Å². The fraction of sp³-hybridized carbons (Fsp3) is 0.667. The summed E-state index contributed by atoms with van der Waals surface area (Å²) in [6.45, 7) is -1.66. The Hall–Kier alpha value is -0.888. The SMILES string of the molecule is O=C(CS)NCC(=O)NCC(=O)NCC(=O)NCCCC(O)(P(=O)(O)O)P(=O)(O)O.[186Re].[O-2]. The van der Waals surface area contributed by atoms with E-state index in [2.05, 4.69) is 33.9 Å². The van der Waals surface area contributed by atoms with Gasteiger partial charge in [0.05, 0.1) is 25.4 Å². The molecular formula is C12H24N4O12P2ReS-2. The van der Waals surface area contributed by atoms with Crippen molar-refractivity contribution in [2.75, 3.05) is 31.9 Å². The summed E-state index contributed by atoms with van der Waals surface area (Å²) in [6.07, 6.45) is -1.38. The van der Waals surface area contributed by atoms with Crippen molar-refractivity contribution in [3.63, 3.8) is 0 Å². The first kappa shape index (κ1) is 35.7. The van der Waals surface area contributed by atoms with Crippen LogP contribution >= 0.6 is 27.8 Å². The molecule has 20 heteroatoms. The summed E-state index contributed by atoms with van der Waals surface area (Å²) in [5.74, 6) is -2.70. The Morgan fingerprint density at radius 2 is 1.09 bits per heavy atom. The first-order valence-electron chi connectivity index (χ1n) is 8.15. The quantitative estimate of drug-likeness (QED) is 0.0504. The third-order valence-corrected chi connectivity index (χ3v) is 7.59. The Kier molecular flexibility index (Phi) is 17.7. The number of aliphatic hydroxyl groups is 1. The fourth-order valence-electron chi connectivity index (χ4n) is 1.79. The van der Waals surface area contributed by atoms with Gasteiger partial charge in [-0.1, -0.05) is 0 Å². The average molecular weight is 696 g/mol. The molecule has 0 aliphatic rings. The van der Waals surface area contributed by atoms with Gasteiger partial charge in [-0.3, -0.25) is 28.3 Å². The Morgan fingerprint density at radius 3 is 1.44 bits per heavy atom. The van der Waals surface area contributed by atoms with Gasteiger partial charge in [0.15, 0.2) is 0 Å². The van der Waals surface area contributed by atoms with Crippen molar-refractivity contribution < 1.29 is 78.9 Å². The normalized spacial score (nSPS) is 11.3. The number of hydrogen-bond donors (Lipinski definition) is 10. The Balaban J connectivity index is -0.00000420. The second-order valence-electron chi connectivity index (χ2n) is 5.80. The topological polar surface area (TPSA) is 280 Å². The number of nitrogens with one attached hydrogen (secondary N) is 4.